The van der Waals surface area contributed by atoms with E-state index in [1.54, 1.807) is 0 Å². The van der Waals surface area contributed by atoms with Crippen molar-refractivity contribution in [3.8, 4) is 0 Å². The van der Waals surface area contributed by atoms with Gasteiger partial charge in [-0.15, -0.1) is 0 Å². The molecule has 0 spiro atoms. The van der Waals surface area contributed by atoms with Gasteiger partial charge in [0.05, 0.1) is 18.3 Å². The molecule has 0 radical (unpaired) electrons. The molecule has 4 fully saturated rings. The van der Waals surface area contributed by atoms with Crippen molar-refractivity contribution in [2.75, 3.05) is 6.61 Å². The Balaban J connectivity index is 1.52. The van der Waals surface area contributed by atoms with Crippen LogP contribution in [0.4, 0.5) is 0 Å². The van der Waals surface area contributed by atoms with Crippen LogP contribution in [0.25, 0.3) is 0 Å². The molecule has 0 aromatic heterocycles. The molecule has 144 valence electrons. The number of aliphatic hydroxyl groups is 1. The summed E-state index contributed by atoms with van der Waals surface area (Å²) in [6.45, 7) is 9.71. The minimum atomic E-state index is -0.0282. The summed E-state index contributed by atoms with van der Waals surface area (Å²) in [4.78, 5) is 0. The van der Waals surface area contributed by atoms with E-state index >= 15 is 0 Å². The van der Waals surface area contributed by atoms with Crippen molar-refractivity contribution in [1.82, 2.24) is 0 Å². The molecule has 8 atom stereocenters. The Bertz CT molecular complexity index is 504. The highest BCUT2D eigenvalue weighted by Crippen LogP contribution is 2.67. The third-order valence-electron chi connectivity index (χ3n) is 9.46. The Morgan fingerprint density at radius 1 is 0.960 bits per heavy atom. The van der Waals surface area contributed by atoms with E-state index in [9.17, 15) is 5.11 Å². The number of aliphatic hydroxyl groups excluding tert-OH is 1. The molecule has 4 rings (SSSR count). The molecule has 2 nitrogen and oxygen atoms in total. The summed E-state index contributed by atoms with van der Waals surface area (Å²) in [7, 11) is 0. The highest BCUT2D eigenvalue weighted by atomic mass is 16.5. The van der Waals surface area contributed by atoms with E-state index in [4.69, 9.17) is 4.74 Å². The van der Waals surface area contributed by atoms with Gasteiger partial charge in [-0.25, -0.2) is 0 Å². The molecule has 0 aliphatic heterocycles. The molecule has 4 aliphatic carbocycles. The van der Waals surface area contributed by atoms with Crippen molar-refractivity contribution in [3.63, 3.8) is 0 Å². The predicted molar refractivity (Wildman–Crippen MR) is 102 cm³/mol. The van der Waals surface area contributed by atoms with E-state index in [0.717, 1.165) is 23.7 Å². The van der Waals surface area contributed by atoms with Crippen molar-refractivity contribution in [2.24, 2.45) is 34.5 Å². The zero-order chi connectivity index (χ0) is 17.9. The number of ether oxygens (including phenoxy) is 1. The summed E-state index contributed by atoms with van der Waals surface area (Å²) >= 11 is 0. The zero-order valence-electron chi connectivity index (χ0n) is 17.0. The Morgan fingerprint density at radius 2 is 1.76 bits per heavy atom. The van der Waals surface area contributed by atoms with Crippen LogP contribution in [-0.2, 0) is 4.74 Å². The quantitative estimate of drug-likeness (QED) is 0.722. The lowest BCUT2D eigenvalue weighted by atomic mass is 9.44. The van der Waals surface area contributed by atoms with Gasteiger partial charge in [-0.1, -0.05) is 20.3 Å². The first-order valence-electron chi connectivity index (χ1n) is 11.1. The van der Waals surface area contributed by atoms with Crippen LogP contribution in [0.3, 0.4) is 0 Å². The molecule has 0 amide bonds. The molecule has 0 heterocycles. The second-order valence-corrected chi connectivity index (χ2v) is 11.0. The monoisotopic (exact) mass is 348 g/mol. The van der Waals surface area contributed by atoms with Crippen molar-refractivity contribution in [2.45, 2.75) is 104 Å². The van der Waals surface area contributed by atoms with Gasteiger partial charge in [0.2, 0.25) is 0 Å². The highest BCUT2D eigenvalue weighted by Gasteiger charge is 2.59. The SMILES string of the molecule is C[C@H](CO)O[C@@]1(C)CC[C@]2(C)C3CC[C@]4(C)CCCC4C3CC[C@H]2C1. The van der Waals surface area contributed by atoms with E-state index in [1.165, 1.54) is 64.2 Å². The van der Waals surface area contributed by atoms with E-state index in [2.05, 4.69) is 20.8 Å². The van der Waals surface area contributed by atoms with Gasteiger partial charge in [-0.3, -0.25) is 0 Å². The second-order valence-electron chi connectivity index (χ2n) is 11.0. The number of hydrogen-bond donors (Lipinski definition) is 1. The third-order valence-corrected chi connectivity index (χ3v) is 9.46. The maximum absolute atomic E-state index is 9.40. The standard InChI is InChI=1S/C23H40O2/c1-16(15-24)25-22(3)12-13-23(4)17(14-22)7-8-18-19-6-5-10-21(19,2)11-9-20(18)23/h16-20,24H,5-15H2,1-4H3/t16-,17+,18?,19?,20?,21+,22+,23+/m1/s1. The van der Waals surface area contributed by atoms with Crippen LogP contribution in [0.2, 0.25) is 0 Å². The van der Waals surface area contributed by atoms with Crippen LogP contribution in [-0.4, -0.2) is 23.4 Å². The first-order chi connectivity index (χ1) is 11.8. The van der Waals surface area contributed by atoms with Gasteiger partial charge in [0, 0.05) is 0 Å². The topological polar surface area (TPSA) is 29.5 Å². The van der Waals surface area contributed by atoms with Gasteiger partial charge < -0.3 is 9.84 Å². The van der Waals surface area contributed by atoms with E-state index < -0.39 is 0 Å². The maximum atomic E-state index is 9.40. The Labute approximate surface area is 155 Å². The average Bonchev–Trinajstić information content (AvgIpc) is 2.97. The maximum Gasteiger partial charge on any atom is 0.0785 e. The molecular weight excluding hydrogens is 308 g/mol. The fraction of sp³-hybridized carbons (Fsp3) is 1.00. The molecule has 0 saturated heterocycles. The summed E-state index contributed by atoms with van der Waals surface area (Å²) < 4.78 is 6.29. The molecule has 3 unspecified atom stereocenters. The highest BCUT2D eigenvalue weighted by molar-refractivity contribution is 5.08. The minimum Gasteiger partial charge on any atom is -0.394 e. The molecule has 1 N–H and O–H groups in total. The fourth-order valence-corrected chi connectivity index (χ4v) is 8.04. The smallest absolute Gasteiger partial charge is 0.0785 e. The van der Waals surface area contributed by atoms with Crippen LogP contribution in [0.1, 0.15) is 91.9 Å². The van der Waals surface area contributed by atoms with Crippen molar-refractivity contribution in [1.29, 1.82) is 0 Å². The van der Waals surface area contributed by atoms with Gasteiger partial charge in [0.15, 0.2) is 0 Å². The fourth-order valence-electron chi connectivity index (χ4n) is 8.04. The second kappa shape index (κ2) is 6.23. The van der Waals surface area contributed by atoms with Gasteiger partial charge in [0.1, 0.15) is 0 Å². The largest absolute Gasteiger partial charge is 0.394 e. The molecule has 4 saturated carbocycles. The minimum absolute atomic E-state index is 0.0182. The van der Waals surface area contributed by atoms with E-state index in [0.29, 0.717) is 10.8 Å². The van der Waals surface area contributed by atoms with Crippen LogP contribution in [0.5, 0.6) is 0 Å². The van der Waals surface area contributed by atoms with Crippen molar-refractivity contribution in [3.05, 3.63) is 0 Å². The van der Waals surface area contributed by atoms with Gasteiger partial charge in [-0.05, 0) is 106 Å². The van der Waals surface area contributed by atoms with Gasteiger partial charge in [-0.2, -0.15) is 0 Å². The summed E-state index contributed by atoms with van der Waals surface area (Å²) in [6.07, 6.45) is 14.0. The Kier molecular flexibility index (Phi) is 4.56. The Hall–Kier alpha value is -0.0800. The lowest BCUT2D eigenvalue weighted by Gasteiger charge is -2.62. The summed E-state index contributed by atoms with van der Waals surface area (Å²) in [5.74, 6) is 3.80. The Morgan fingerprint density at radius 3 is 2.52 bits per heavy atom. The van der Waals surface area contributed by atoms with Crippen LogP contribution >= 0.6 is 0 Å². The van der Waals surface area contributed by atoms with Crippen LogP contribution in [0.15, 0.2) is 0 Å². The molecule has 2 heteroatoms. The molecule has 0 aromatic carbocycles. The zero-order valence-corrected chi connectivity index (χ0v) is 17.0. The van der Waals surface area contributed by atoms with E-state index in [1.807, 2.05) is 6.92 Å². The molecule has 25 heavy (non-hydrogen) atoms. The number of hydrogen-bond acceptors (Lipinski definition) is 2. The van der Waals surface area contributed by atoms with Crippen molar-refractivity contribution >= 4 is 0 Å². The summed E-state index contributed by atoms with van der Waals surface area (Å²) in [6, 6.07) is 0. The van der Waals surface area contributed by atoms with Crippen molar-refractivity contribution < 1.29 is 9.84 Å². The van der Waals surface area contributed by atoms with E-state index in [-0.39, 0.29) is 18.3 Å². The third kappa shape index (κ3) is 2.90. The first-order valence-corrected chi connectivity index (χ1v) is 11.1. The summed E-state index contributed by atoms with van der Waals surface area (Å²) in [5, 5.41) is 9.40. The van der Waals surface area contributed by atoms with Gasteiger partial charge in [0.25, 0.3) is 0 Å². The average molecular weight is 349 g/mol. The first kappa shape index (κ1) is 18.3. The summed E-state index contributed by atoms with van der Waals surface area (Å²) in [5.41, 5.74) is 1.20. The molecule has 0 aromatic rings. The number of rotatable bonds is 3. The van der Waals surface area contributed by atoms with Gasteiger partial charge >= 0.3 is 0 Å². The van der Waals surface area contributed by atoms with Crippen LogP contribution in [0, 0.1) is 34.5 Å². The normalized spacial score (nSPS) is 53.6. The molecule has 0 bridgehead atoms. The molecular formula is C23H40O2. The predicted octanol–water partition coefficient (Wildman–Crippen LogP) is 5.58. The molecule has 4 aliphatic rings. The number of fused-ring (bicyclic) bond motifs is 5. The van der Waals surface area contributed by atoms with Crippen LogP contribution < -0.4 is 0 Å². The lowest BCUT2D eigenvalue weighted by molar-refractivity contribution is -0.177. The lowest BCUT2D eigenvalue weighted by Crippen LogP contribution is -2.55.